The molecule has 0 heterocycles. The molecule has 0 bridgehead atoms. The van der Waals surface area contributed by atoms with E-state index < -0.39 is 0 Å². The molecule has 2 aromatic carbocycles. The molecule has 4 heteroatoms. The second-order valence-corrected chi connectivity index (χ2v) is 6.09. The van der Waals surface area contributed by atoms with Crippen LogP contribution in [0.5, 0.6) is 5.75 Å². The summed E-state index contributed by atoms with van der Waals surface area (Å²) in [5.74, 6) is 1.75. The summed E-state index contributed by atoms with van der Waals surface area (Å²) in [5.41, 5.74) is 1.25. The lowest BCUT2D eigenvalue weighted by Crippen LogP contribution is -2.40. The number of ether oxygens (including phenoxy) is 1. The topological polar surface area (TPSA) is 45.7 Å². The maximum Gasteiger partial charge on any atom is 0.192 e. The van der Waals surface area contributed by atoms with Crippen molar-refractivity contribution in [1.29, 1.82) is 0 Å². The first kappa shape index (κ1) is 16.4. The number of nitrogens with zero attached hydrogens (tertiary/aromatic N) is 1. The number of rotatable bonds is 7. The average Bonchev–Trinajstić information content (AvgIpc) is 3.44. The Hall–Kier alpha value is -2.49. The second kappa shape index (κ2) is 8.39. The van der Waals surface area contributed by atoms with Crippen LogP contribution in [0.25, 0.3) is 0 Å². The maximum absolute atomic E-state index is 5.70. The SMILES string of the molecule is C[C@H](NC(=NCCOc1ccccc1)NC1CC1)c1ccccc1. The first-order chi connectivity index (χ1) is 11.8. The summed E-state index contributed by atoms with van der Waals surface area (Å²) in [6.45, 7) is 3.35. The van der Waals surface area contributed by atoms with E-state index in [0.717, 1.165) is 11.7 Å². The molecule has 0 amide bonds. The Morgan fingerprint density at radius 2 is 1.75 bits per heavy atom. The highest BCUT2D eigenvalue weighted by atomic mass is 16.5. The molecular weight excluding hydrogens is 298 g/mol. The van der Waals surface area contributed by atoms with Gasteiger partial charge in [-0.05, 0) is 37.5 Å². The van der Waals surface area contributed by atoms with Crippen LogP contribution in [-0.4, -0.2) is 25.2 Å². The Morgan fingerprint density at radius 3 is 2.42 bits per heavy atom. The van der Waals surface area contributed by atoms with Gasteiger partial charge in [0.15, 0.2) is 5.96 Å². The molecule has 3 rings (SSSR count). The largest absolute Gasteiger partial charge is 0.492 e. The van der Waals surface area contributed by atoms with Crippen molar-refractivity contribution < 1.29 is 4.74 Å². The third kappa shape index (κ3) is 5.30. The predicted octanol–water partition coefficient (Wildman–Crippen LogP) is 3.52. The van der Waals surface area contributed by atoms with Gasteiger partial charge in [-0.1, -0.05) is 48.5 Å². The van der Waals surface area contributed by atoms with E-state index in [-0.39, 0.29) is 6.04 Å². The van der Waals surface area contributed by atoms with Crippen LogP contribution in [0, 0.1) is 0 Å². The van der Waals surface area contributed by atoms with Crippen LogP contribution in [0.4, 0.5) is 0 Å². The van der Waals surface area contributed by atoms with E-state index in [9.17, 15) is 0 Å². The lowest BCUT2D eigenvalue weighted by Gasteiger charge is -2.18. The average molecular weight is 323 g/mol. The van der Waals surface area contributed by atoms with Crippen molar-refractivity contribution in [1.82, 2.24) is 10.6 Å². The van der Waals surface area contributed by atoms with Crippen LogP contribution in [-0.2, 0) is 0 Å². The van der Waals surface area contributed by atoms with Gasteiger partial charge in [-0.15, -0.1) is 0 Å². The molecule has 4 nitrogen and oxygen atoms in total. The third-order valence-electron chi connectivity index (χ3n) is 3.94. The van der Waals surface area contributed by atoms with Gasteiger partial charge in [-0.3, -0.25) is 0 Å². The summed E-state index contributed by atoms with van der Waals surface area (Å²) < 4.78 is 5.70. The summed E-state index contributed by atoms with van der Waals surface area (Å²) in [6, 6.07) is 21.1. The third-order valence-corrected chi connectivity index (χ3v) is 3.94. The standard InChI is InChI=1S/C20H25N3O/c1-16(17-8-4-2-5-9-17)22-20(23-18-12-13-18)21-14-15-24-19-10-6-3-7-11-19/h2-11,16,18H,12-15H2,1H3,(H2,21,22,23)/t16-/m0/s1. The maximum atomic E-state index is 5.70. The molecule has 0 saturated heterocycles. The first-order valence-electron chi connectivity index (χ1n) is 8.61. The summed E-state index contributed by atoms with van der Waals surface area (Å²) >= 11 is 0. The highest BCUT2D eigenvalue weighted by Gasteiger charge is 2.23. The Balaban J connectivity index is 1.52. The van der Waals surface area contributed by atoms with Gasteiger partial charge in [-0.25, -0.2) is 4.99 Å². The van der Waals surface area contributed by atoms with Gasteiger partial charge >= 0.3 is 0 Å². The molecule has 0 unspecified atom stereocenters. The molecule has 0 aromatic heterocycles. The second-order valence-electron chi connectivity index (χ2n) is 6.09. The van der Waals surface area contributed by atoms with Crippen molar-refractivity contribution in [3.8, 4) is 5.75 Å². The number of hydrogen-bond acceptors (Lipinski definition) is 2. The zero-order valence-electron chi connectivity index (χ0n) is 14.1. The minimum absolute atomic E-state index is 0.214. The first-order valence-corrected chi connectivity index (χ1v) is 8.61. The molecule has 24 heavy (non-hydrogen) atoms. The predicted molar refractivity (Wildman–Crippen MR) is 98.4 cm³/mol. The Labute approximate surface area is 144 Å². The van der Waals surface area contributed by atoms with E-state index in [1.54, 1.807) is 0 Å². The van der Waals surface area contributed by atoms with Crippen LogP contribution in [0.3, 0.4) is 0 Å². The summed E-state index contributed by atoms with van der Waals surface area (Å²) in [5, 5.41) is 6.96. The molecule has 0 aliphatic heterocycles. The Morgan fingerprint density at radius 1 is 1.08 bits per heavy atom. The fourth-order valence-corrected chi connectivity index (χ4v) is 2.42. The van der Waals surface area contributed by atoms with Crippen molar-refractivity contribution in [2.75, 3.05) is 13.2 Å². The van der Waals surface area contributed by atoms with Crippen LogP contribution >= 0.6 is 0 Å². The van der Waals surface area contributed by atoms with E-state index in [0.29, 0.717) is 19.2 Å². The number of nitrogens with one attached hydrogen (secondary N) is 2. The van der Waals surface area contributed by atoms with Gasteiger partial charge in [0.05, 0.1) is 12.6 Å². The number of aliphatic imine (C=N–C) groups is 1. The van der Waals surface area contributed by atoms with Crippen molar-refractivity contribution in [3.05, 3.63) is 66.2 Å². The van der Waals surface area contributed by atoms with E-state index >= 15 is 0 Å². The fourth-order valence-electron chi connectivity index (χ4n) is 2.42. The van der Waals surface area contributed by atoms with Crippen molar-refractivity contribution in [3.63, 3.8) is 0 Å². The molecule has 1 saturated carbocycles. The lowest BCUT2D eigenvalue weighted by molar-refractivity contribution is 0.328. The molecule has 1 aliphatic rings. The van der Waals surface area contributed by atoms with Crippen molar-refractivity contribution >= 4 is 5.96 Å². The Bertz CT molecular complexity index is 638. The van der Waals surface area contributed by atoms with Crippen molar-refractivity contribution in [2.24, 2.45) is 4.99 Å². The van der Waals surface area contributed by atoms with E-state index in [1.807, 2.05) is 36.4 Å². The van der Waals surface area contributed by atoms with Gasteiger partial charge in [-0.2, -0.15) is 0 Å². The minimum atomic E-state index is 0.214. The lowest BCUT2D eigenvalue weighted by atomic mass is 10.1. The highest BCUT2D eigenvalue weighted by Crippen LogP contribution is 2.19. The smallest absolute Gasteiger partial charge is 0.192 e. The fraction of sp³-hybridized carbons (Fsp3) is 0.350. The monoisotopic (exact) mass is 323 g/mol. The van der Waals surface area contributed by atoms with E-state index in [2.05, 4.69) is 46.8 Å². The minimum Gasteiger partial charge on any atom is -0.492 e. The molecule has 0 spiro atoms. The quantitative estimate of drug-likeness (QED) is 0.465. The zero-order valence-corrected chi connectivity index (χ0v) is 14.1. The highest BCUT2D eigenvalue weighted by molar-refractivity contribution is 5.80. The van der Waals surface area contributed by atoms with Crippen LogP contribution in [0.15, 0.2) is 65.7 Å². The zero-order chi connectivity index (χ0) is 16.6. The molecule has 1 fully saturated rings. The van der Waals surface area contributed by atoms with Gasteiger partial charge in [0.25, 0.3) is 0 Å². The number of benzene rings is 2. The summed E-state index contributed by atoms with van der Waals surface area (Å²) in [6.07, 6.45) is 2.45. The number of para-hydroxylation sites is 1. The molecule has 2 aromatic rings. The summed E-state index contributed by atoms with van der Waals surface area (Å²) in [7, 11) is 0. The summed E-state index contributed by atoms with van der Waals surface area (Å²) in [4.78, 5) is 4.65. The number of guanidine groups is 1. The molecular formula is C20H25N3O. The molecule has 0 radical (unpaired) electrons. The number of hydrogen-bond donors (Lipinski definition) is 2. The van der Waals surface area contributed by atoms with Crippen LogP contribution in [0.1, 0.15) is 31.4 Å². The molecule has 126 valence electrons. The van der Waals surface area contributed by atoms with Gasteiger partial charge in [0.2, 0.25) is 0 Å². The van der Waals surface area contributed by atoms with Crippen LogP contribution in [0.2, 0.25) is 0 Å². The van der Waals surface area contributed by atoms with E-state index in [1.165, 1.54) is 18.4 Å². The normalized spacial score (nSPS) is 15.6. The van der Waals surface area contributed by atoms with Crippen LogP contribution < -0.4 is 15.4 Å². The Kier molecular flexibility index (Phi) is 5.72. The van der Waals surface area contributed by atoms with Crippen molar-refractivity contribution in [2.45, 2.75) is 31.8 Å². The molecule has 2 N–H and O–H groups in total. The van der Waals surface area contributed by atoms with Gasteiger partial charge < -0.3 is 15.4 Å². The molecule has 1 aliphatic carbocycles. The van der Waals surface area contributed by atoms with Gasteiger partial charge in [0, 0.05) is 6.04 Å². The molecule has 1 atom stereocenters. The van der Waals surface area contributed by atoms with E-state index in [4.69, 9.17) is 4.74 Å². The van der Waals surface area contributed by atoms with Gasteiger partial charge in [0.1, 0.15) is 12.4 Å².